The van der Waals surface area contributed by atoms with Crippen LogP contribution in [-0.4, -0.2) is 23.5 Å². The molecule has 0 fully saturated rings. The van der Waals surface area contributed by atoms with Crippen molar-refractivity contribution in [3.05, 3.63) is 143 Å². The van der Waals surface area contributed by atoms with E-state index in [2.05, 4.69) is 91.0 Å². The normalized spacial score (nSPS) is 11.5. The number of phenols is 1. The number of hydrogen-bond donors (Lipinski definition) is 2. The summed E-state index contributed by atoms with van der Waals surface area (Å²) in [4.78, 5) is 12.9. The lowest BCUT2D eigenvalue weighted by molar-refractivity contribution is 0.369. The van der Waals surface area contributed by atoms with E-state index in [0.29, 0.717) is 5.56 Å². The van der Waals surface area contributed by atoms with Crippen molar-refractivity contribution < 1.29 is 19.4 Å². The fourth-order valence-electron chi connectivity index (χ4n) is 5.99. The van der Waals surface area contributed by atoms with Crippen LogP contribution in [-0.2, 0) is 6.42 Å². The summed E-state index contributed by atoms with van der Waals surface area (Å²) in [5, 5.41) is 25.2. The second kappa shape index (κ2) is 12.8. The number of ether oxygens (including phenoxy) is 1. The molecule has 0 radical (unpaired) electrons. The van der Waals surface area contributed by atoms with E-state index in [0.717, 1.165) is 31.0 Å². The number of hydrogen-bond acceptors (Lipinski definition) is 5. The van der Waals surface area contributed by atoms with Gasteiger partial charge in [0, 0.05) is 5.56 Å². The average molecular weight is 602 g/mol. The molecule has 1 aromatic heterocycles. The maximum Gasteiger partial charge on any atom is 0.235 e. The molecule has 0 aliphatic rings. The van der Waals surface area contributed by atoms with E-state index in [1.165, 1.54) is 35.2 Å². The van der Waals surface area contributed by atoms with Gasteiger partial charge in [-0.15, -0.1) is 0 Å². The molecule has 0 saturated heterocycles. The highest BCUT2D eigenvalue weighted by Crippen LogP contribution is 2.56. The first-order valence-electron chi connectivity index (χ1n) is 14.7. The summed E-state index contributed by atoms with van der Waals surface area (Å²) in [7, 11) is -0.471. The predicted molar refractivity (Wildman–Crippen MR) is 181 cm³/mol. The van der Waals surface area contributed by atoms with Crippen molar-refractivity contribution in [3.63, 3.8) is 0 Å². The van der Waals surface area contributed by atoms with E-state index in [-0.39, 0.29) is 28.2 Å². The molecule has 220 valence electrons. The van der Waals surface area contributed by atoms with Gasteiger partial charge < -0.3 is 19.4 Å². The molecule has 5 aromatic carbocycles. The molecule has 0 aliphatic heterocycles. The van der Waals surface area contributed by atoms with Gasteiger partial charge in [-0.3, -0.25) is 4.79 Å². The summed E-state index contributed by atoms with van der Waals surface area (Å²) < 4.78 is 11.2. The second-order valence-electron chi connectivity index (χ2n) is 10.8. The van der Waals surface area contributed by atoms with Gasteiger partial charge in [-0.25, -0.2) is 0 Å². The summed E-state index contributed by atoms with van der Waals surface area (Å²) in [5.74, 6) is -0.520. The Morgan fingerprint density at radius 1 is 0.682 bits per heavy atom. The van der Waals surface area contributed by atoms with Crippen LogP contribution < -0.4 is 26.1 Å². The van der Waals surface area contributed by atoms with Crippen molar-refractivity contribution in [2.45, 2.75) is 19.3 Å². The molecule has 0 atom stereocenters. The molecule has 0 saturated carbocycles. The van der Waals surface area contributed by atoms with Crippen molar-refractivity contribution in [1.29, 1.82) is 0 Å². The molecule has 0 amide bonds. The van der Waals surface area contributed by atoms with E-state index in [1.807, 2.05) is 24.3 Å². The topological polar surface area (TPSA) is 79.9 Å². The number of rotatable bonds is 10. The standard InChI is InChI=1S/C38H33O5P/c1-42-38-33(39)25-24-32-34(40)35(41)36(43-37(32)38)28-22-20-27(21-23-28)13-11-12-26-44(29-14-5-2-6-15-29,30-16-7-3-8-17-30)31-18-9-4-10-19-31/h2-10,14-25H,11-13,26H2,1H3,(H-,39,40,41)/p+1. The van der Waals surface area contributed by atoms with Crippen LogP contribution in [0.1, 0.15) is 18.4 Å². The molecule has 0 spiro atoms. The third kappa shape index (κ3) is 5.47. The van der Waals surface area contributed by atoms with E-state index >= 15 is 0 Å². The zero-order valence-electron chi connectivity index (χ0n) is 24.5. The number of benzene rings is 5. The summed E-state index contributed by atoms with van der Waals surface area (Å²) in [6, 6.07) is 43.3. The van der Waals surface area contributed by atoms with Gasteiger partial charge in [-0.05, 0) is 73.4 Å². The molecular weight excluding hydrogens is 567 g/mol. The highest BCUT2D eigenvalue weighted by Gasteiger charge is 2.44. The highest BCUT2D eigenvalue weighted by atomic mass is 31.2. The summed E-state index contributed by atoms with van der Waals surface area (Å²) in [5.41, 5.74) is 1.25. The van der Waals surface area contributed by atoms with E-state index < -0.39 is 18.4 Å². The molecule has 0 unspecified atom stereocenters. The SMILES string of the molecule is COc1c(O)ccc2c(=O)c(O)c(-c3ccc(CCCC[P+](c4ccccc4)(c4ccccc4)c4ccccc4)cc3)oc12. The lowest BCUT2D eigenvalue weighted by Crippen LogP contribution is -2.33. The number of phenolic OH excluding ortho intramolecular Hbond substituents is 1. The number of fused-ring (bicyclic) bond motifs is 1. The Kier molecular flexibility index (Phi) is 8.49. The van der Waals surface area contributed by atoms with Crippen LogP contribution in [0, 0.1) is 0 Å². The Morgan fingerprint density at radius 2 is 1.23 bits per heavy atom. The molecule has 6 aromatic rings. The van der Waals surface area contributed by atoms with Crippen LogP contribution in [0.4, 0.5) is 0 Å². The van der Waals surface area contributed by atoms with Gasteiger partial charge >= 0.3 is 0 Å². The van der Waals surface area contributed by atoms with Crippen molar-refractivity contribution >= 4 is 34.1 Å². The first-order chi connectivity index (χ1) is 21.5. The third-order valence-electron chi connectivity index (χ3n) is 8.19. The lowest BCUT2D eigenvalue weighted by Gasteiger charge is -2.27. The van der Waals surface area contributed by atoms with Gasteiger partial charge in [0.25, 0.3) is 0 Å². The highest BCUT2D eigenvalue weighted by molar-refractivity contribution is 7.95. The Morgan fingerprint density at radius 3 is 1.75 bits per heavy atom. The summed E-state index contributed by atoms with van der Waals surface area (Å²) >= 11 is 0. The quantitative estimate of drug-likeness (QED) is 0.128. The maximum absolute atomic E-state index is 12.9. The zero-order valence-corrected chi connectivity index (χ0v) is 25.4. The minimum atomic E-state index is -1.86. The van der Waals surface area contributed by atoms with Crippen LogP contribution in [0.5, 0.6) is 17.2 Å². The van der Waals surface area contributed by atoms with Crippen LogP contribution in [0.25, 0.3) is 22.3 Å². The lowest BCUT2D eigenvalue weighted by atomic mass is 10.0. The number of methoxy groups -OCH3 is 1. The van der Waals surface area contributed by atoms with Gasteiger partial charge in [0.1, 0.15) is 23.2 Å². The largest absolute Gasteiger partial charge is 0.504 e. The first kappa shape index (κ1) is 29.2. The molecule has 0 bridgehead atoms. The Hall–Kier alpha value is -4.86. The first-order valence-corrected chi connectivity index (χ1v) is 16.7. The van der Waals surface area contributed by atoms with E-state index in [4.69, 9.17) is 9.15 Å². The van der Waals surface area contributed by atoms with Crippen molar-refractivity contribution in [2.75, 3.05) is 13.3 Å². The van der Waals surface area contributed by atoms with E-state index in [1.54, 1.807) is 0 Å². The fraction of sp³-hybridized carbons (Fsp3) is 0.132. The Labute approximate surface area is 257 Å². The smallest absolute Gasteiger partial charge is 0.235 e. The predicted octanol–water partition coefficient (Wildman–Crippen LogP) is 7.20. The Bertz CT molecular complexity index is 1820. The Balaban J connectivity index is 1.24. The molecule has 44 heavy (non-hydrogen) atoms. The fourth-order valence-corrected chi connectivity index (χ4v) is 10.4. The van der Waals surface area contributed by atoms with Crippen LogP contribution in [0.15, 0.2) is 137 Å². The summed E-state index contributed by atoms with van der Waals surface area (Å²) in [6.07, 6.45) is 4.03. The van der Waals surface area contributed by atoms with Crippen molar-refractivity contribution in [3.8, 4) is 28.6 Å². The van der Waals surface area contributed by atoms with Crippen molar-refractivity contribution in [1.82, 2.24) is 0 Å². The summed E-state index contributed by atoms with van der Waals surface area (Å²) in [6.45, 7) is 0. The maximum atomic E-state index is 12.9. The third-order valence-corrected chi connectivity index (χ3v) is 12.7. The van der Waals surface area contributed by atoms with Gasteiger partial charge in [-0.1, -0.05) is 78.9 Å². The van der Waals surface area contributed by atoms with Gasteiger partial charge in [0.15, 0.2) is 17.1 Å². The minimum absolute atomic E-state index is 0.0427. The molecule has 5 nitrogen and oxygen atoms in total. The van der Waals surface area contributed by atoms with Gasteiger partial charge in [0.05, 0.1) is 18.7 Å². The van der Waals surface area contributed by atoms with Crippen LogP contribution in [0.3, 0.4) is 0 Å². The molecule has 2 N–H and O–H groups in total. The number of unbranched alkanes of at least 4 members (excludes halogenated alkanes) is 1. The molecule has 1 heterocycles. The minimum Gasteiger partial charge on any atom is -0.504 e. The van der Waals surface area contributed by atoms with E-state index in [9.17, 15) is 15.0 Å². The second-order valence-corrected chi connectivity index (χ2v) is 14.4. The monoisotopic (exact) mass is 601 g/mol. The van der Waals surface area contributed by atoms with Crippen molar-refractivity contribution in [2.24, 2.45) is 0 Å². The van der Waals surface area contributed by atoms with Gasteiger partial charge in [0.2, 0.25) is 16.9 Å². The number of aryl methyl sites for hydroxylation is 1. The van der Waals surface area contributed by atoms with Crippen LogP contribution >= 0.6 is 7.26 Å². The average Bonchev–Trinajstić information content (AvgIpc) is 3.08. The molecule has 6 rings (SSSR count). The zero-order chi connectivity index (χ0) is 30.5. The molecule has 0 aliphatic carbocycles. The molecule has 6 heteroatoms. The van der Waals surface area contributed by atoms with Gasteiger partial charge in [-0.2, -0.15) is 0 Å². The number of aromatic hydroxyl groups is 2. The molecular formula is C38H34O5P+. The van der Waals surface area contributed by atoms with Crippen LogP contribution in [0.2, 0.25) is 0 Å².